The zero-order valence-electron chi connectivity index (χ0n) is 9.52. The Morgan fingerprint density at radius 1 is 1.53 bits per heavy atom. The monoisotopic (exact) mass is 242 g/mol. The maximum absolute atomic E-state index is 13.3. The molecule has 1 aromatic rings. The quantitative estimate of drug-likeness (QED) is 0.801. The molecule has 5 heteroatoms. The number of methoxy groups -OCH3 is 1. The van der Waals surface area contributed by atoms with E-state index in [4.69, 9.17) is 9.84 Å². The largest absolute Gasteiger partial charge is 0.494 e. The van der Waals surface area contributed by atoms with Crippen molar-refractivity contribution in [3.63, 3.8) is 0 Å². The smallest absolute Gasteiger partial charge is 0.303 e. The summed E-state index contributed by atoms with van der Waals surface area (Å²) in [6.07, 6.45) is -0.215. The van der Waals surface area contributed by atoms with E-state index in [1.54, 1.807) is 6.07 Å². The third kappa shape index (κ3) is 4.03. The van der Waals surface area contributed by atoms with Crippen LogP contribution in [0.25, 0.3) is 0 Å². The van der Waals surface area contributed by atoms with E-state index in [-0.39, 0.29) is 18.6 Å². The Morgan fingerprint density at radius 3 is 2.76 bits per heavy atom. The zero-order chi connectivity index (χ0) is 12.8. The number of carboxylic acid groups (broad SMARTS) is 1. The fourth-order valence-corrected chi connectivity index (χ4v) is 1.50. The fourth-order valence-electron chi connectivity index (χ4n) is 1.50. The lowest BCUT2D eigenvalue weighted by atomic mass is 10.0. The van der Waals surface area contributed by atoms with E-state index in [0.717, 1.165) is 0 Å². The van der Waals surface area contributed by atoms with Crippen molar-refractivity contribution in [1.29, 1.82) is 0 Å². The van der Waals surface area contributed by atoms with Crippen molar-refractivity contribution in [3.8, 4) is 5.75 Å². The van der Waals surface area contributed by atoms with Crippen molar-refractivity contribution in [2.45, 2.75) is 25.4 Å². The van der Waals surface area contributed by atoms with E-state index < -0.39 is 17.9 Å². The van der Waals surface area contributed by atoms with Gasteiger partial charge in [0.25, 0.3) is 0 Å². The Kier molecular flexibility index (Phi) is 4.90. The van der Waals surface area contributed by atoms with Crippen LogP contribution in [-0.4, -0.2) is 23.3 Å². The van der Waals surface area contributed by atoms with Crippen LogP contribution in [-0.2, 0) is 4.79 Å². The van der Waals surface area contributed by atoms with Gasteiger partial charge in [0, 0.05) is 6.42 Å². The average Bonchev–Trinajstić information content (AvgIpc) is 2.28. The van der Waals surface area contributed by atoms with Gasteiger partial charge < -0.3 is 14.9 Å². The number of carbonyl (C=O) groups is 1. The molecule has 1 aromatic carbocycles. The summed E-state index contributed by atoms with van der Waals surface area (Å²) in [5.74, 6) is -1.33. The molecule has 0 aliphatic heterocycles. The number of aliphatic hydroxyl groups is 1. The van der Waals surface area contributed by atoms with Gasteiger partial charge in [-0.3, -0.25) is 4.79 Å². The molecule has 0 saturated carbocycles. The SMILES string of the molecule is COc1ccc(C(O)CCCC(=O)O)cc1F. The van der Waals surface area contributed by atoms with Crippen molar-refractivity contribution in [2.24, 2.45) is 0 Å². The second-order valence-corrected chi connectivity index (χ2v) is 3.70. The van der Waals surface area contributed by atoms with Crippen LogP contribution in [0.5, 0.6) is 5.75 Å². The van der Waals surface area contributed by atoms with Gasteiger partial charge in [-0.05, 0) is 30.5 Å². The summed E-state index contributed by atoms with van der Waals surface area (Å²) in [6.45, 7) is 0. The molecule has 0 fully saturated rings. The van der Waals surface area contributed by atoms with Crippen LogP contribution in [0.4, 0.5) is 4.39 Å². The van der Waals surface area contributed by atoms with Gasteiger partial charge in [-0.2, -0.15) is 0 Å². The molecule has 1 atom stereocenters. The molecule has 1 unspecified atom stereocenters. The van der Waals surface area contributed by atoms with Crippen LogP contribution >= 0.6 is 0 Å². The number of rotatable bonds is 6. The molecule has 0 bridgehead atoms. The number of hydrogen-bond donors (Lipinski definition) is 2. The number of halogens is 1. The van der Waals surface area contributed by atoms with Gasteiger partial charge in [-0.1, -0.05) is 6.07 Å². The highest BCUT2D eigenvalue weighted by Crippen LogP contribution is 2.24. The molecule has 17 heavy (non-hydrogen) atoms. The first-order chi connectivity index (χ1) is 8.04. The van der Waals surface area contributed by atoms with E-state index in [2.05, 4.69) is 0 Å². The molecule has 0 amide bonds. The Morgan fingerprint density at radius 2 is 2.24 bits per heavy atom. The molecule has 0 aromatic heterocycles. The van der Waals surface area contributed by atoms with Gasteiger partial charge in [-0.25, -0.2) is 4.39 Å². The topological polar surface area (TPSA) is 66.8 Å². The van der Waals surface area contributed by atoms with Crippen molar-refractivity contribution >= 4 is 5.97 Å². The highest BCUT2D eigenvalue weighted by molar-refractivity contribution is 5.66. The lowest BCUT2D eigenvalue weighted by molar-refractivity contribution is -0.137. The minimum atomic E-state index is -0.905. The number of carboxylic acids is 1. The third-order valence-corrected chi connectivity index (χ3v) is 2.43. The first-order valence-corrected chi connectivity index (χ1v) is 5.28. The molecule has 0 aliphatic carbocycles. The van der Waals surface area contributed by atoms with Crippen LogP contribution in [0.3, 0.4) is 0 Å². The van der Waals surface area contributed by atoms with E-state index in [1.165, 1.54) is 19.2 Å². The van der Waals surface area contributed by atoms with E-state index in [9.17, 15) is 14.3 Å². The van der Waals surface area contributed by atoms with Gasteiger partial charge >= 0.3 is 5.97 Å². The van der Waals surface area contributed by atoms with E-state index >= 15 is 0 Å². The first kappa shape index (κ1) is 13.4. The number of hydrogen-bond acceptors (Lipinski definition) is 3. The summed E-state index contributed by atoms with van der Waals surface area (Å²) >= 11 is 0. The van der Waals surface area contributed by atoms with Crippen molar-refractivity contribution in [2.75, 3.05) is 7.11 Å². The summed E-state index contributed by atoms with van der Waals surface area (Å²) in [6, 6.07) is 4.20. The molecule has 0 spiro atoms. The molecule has 0 heterocycles. The molecular weight excluding hydrogens is 227 g/mol. The van der Waals surface area contributed by atoms with Crippen LogP contribution in [0.2, 0.25) is 0 Å². The Bertz CT molecular complexity index is 392. The zero-order valence-corrected chi connectivity index (χ0v) is 9.52. The van der Waals surface area contributed by atoms with E-state index in [0.29, 0.717) is 12.0 Å². The lowest BCUT2D eigenvalue weighted by Crippen LogP contribution is -2.01. The second-order valence-electron chi connectivity index (χ2n) is 3.70. The maximum Gasteiger partial charge on any atom is 0.303 e. The van der Waals surface area contributed by atoms with Crippen molar-refractivity contribution < 1.29 is 24.1 Å². The fraction of sp³-hybridized carbons (Fsp3) is 0.417. The predicted octanol–water partition coefficient (Wildman–Crippen LogP) is 2.12. The van der Waals surface area contributed by atoms with Crippen LogP contribution < -0.4 is 4.74 Å². The molecule has 1 rings (SSSR count). The van der Waals surface area contributed by atoms with Crippen molar-refractivity contribution in [1.82, 2.24) is 0 Å². The molecule has 94 valence electrons. The normalized spacial score (nSPS) is 12.2. The summed E-state index contributed by atoms with van der Waals surface area (Å²) in [5.41, 5.74) is 0.425. The molecule has 2 N–H and O–H groups in total. The average molecular weight is 242 g/mol. The maximum atomic E-state index is 13.3. The lowest BCUT2D eigenvalue weighted by Gasteiger charge is -2.11. The van der Waals surface area contributed by atoms with Gasteiger partial charge in [0.15, 0.2) is 11.6 Å². The standard InChI is InChI=1S/C12H15FO4/c1-17-11-6-5-8(7-9(11)13)10(14)3-2-4-12(15)16/h5-7,10,14H,2-4H2,1H3,(H,15,16). The highest BCUT2D eigenvalue weighted by Gasteiger charge is 2.11. The second kappa shape index (κ2) is 6.20. The highest BCUT2D eigenvalue weighted by atomic mass is 19.1. The molecule has 0 aliphatic rings. The first-order valence-electron chi connectivity index (χ1n) is 5.28. The summed E-state index contributed by atoms with van der Waals surface area (Å²) in [4.78, 5) is 10.3. The molecular formula is C12H15FO4. The number of benzene rings is 1. The Labute approximate surface area is 98.7 Å². The van der Waals surface area contributed by atoms with Gasteiger partial charge in [0.2, 0.25) is 0 Å². The molecule has 0 saturated heterocycles. The van der Waals surface area contributed by atoms with Gasteiger partial charge in [0.1, 0.15) is 0 Å². The summed E-state index contributed by atoms with van der Waals surface area (Å²) < 4.78 is 18.1. The van der Waals surface area contributed by atoms with Gasteiger partial charge in [0.05, 0.1) is 13.2 Å². The van der Waals surface area contributed by atoms with Crippen LogP contribution in [0.1, 0.15) is 30.9 Å². The minimum absolute atomic E-state index is 0.00427. The number of ether oxygens (including phenoxy) is 1. The van der Waals surface area contributed by atoms with Crippen molar-refractivity contribution in [3.05, 3.63) is 29.6 Å². The number of aliphatic carboxylic acids is 1. The summed E-state index contributed by atoms with van der Waals surface area (Å²) in [7, 11) is 1.36. The van der Waals surface area contributed by atoms with Crippen LogP contribution in [0.15, 0.2) is 18.2 Å². The number of aliphatic hydroxyl groups excluding tert-OH is 1. The molecule has 4 nitrogen and oxygen atoms in total. The predicted molar refractivity (Wildman–Crippen MR) is 59.4 cm³/mol. The van der Waals surface area contributed by atoms with Crippen LogP contribution in [0, 0.1) is 5.82 Å². The minimum Gasteiger partial charge on any atom is -0.494 e. The van der Waals surface area contributed by atoms with Gasteiger partial charge in [-0.15, -0.1) is 0 Å². The van der Waals surface area contributed by atoms with E-state index in [1.807, 2.05) is 0 Å². The Hall–Kier alpha value is -1.62. The molecule has 0 radical (unpaired) electrons. The third-order valence-electron chi connectivity index (χ3n) is 2.43. The summed E-state index contributed by atoms with van der Waals surface area (Å²) in [5, 5.41) is 18.2. The Balaban J connectivity index is 2.59.